The highest BCUT2D eigenvalue weighted by Gasteiger charge is 2.18. The van der Waals surface area contributed by atoms with Gasteiger partial charge in [0, 0.05) is 16.8 Å². The Morgan fingerprint density at radius 2 is 2.18 bits per heavy atom. The smallest absolute Gasteiger partial charge is 0.107 e. The van der Waals surface area contributed by atoms with Gasteiger partial charge >= 0.3 is 0 Å². The summed E-state index contributed by atoms with van der Waals surface area (Å²) in [6.07, 6.45) is 0.563. The van der Waals surface area contributed by atoms with Crippen LogP contribution in [0.4, 0.5) is 0 Å². The van der Waals surface area contributed by atoms with Gasteiger partial charge in [0.15, 0.2) is 0 Å². The van der Waals surface area contributed by atoms with E-state index in [9.17, 15) is 0 Å². The van der Waals surface area contributed by atoms with Crippen molar-refractivity contribution in [3.8, 4) is 6.07 Å². The third-order valence-electron chi connectivity index (χ3n) is 2.84. The van der Waals surface area contributed by atoms with Crippen LogP contribution in [0, 0.1) is 11.3 Å². The first-order chi connectivity index (χ1) is 7.84. The van der Waals surface area contributed by atoms with Crippen molar-refractivity contribution < 1.29 is 0 Å². The molecule has 94 valence electrons. The van der Waals surface area contributed by atoms with Gasteiger partial charge in [0.05, 0.1) is 24.7 Å². The SMILES string of the molecule is CC(CC#N)N(C)Cc1nc(C(C)(C)C)cs1. The van der Waals surface area contributed by atoms with Gasteiger partial charge in [-0.3, -0.25) is 4.90 Å². The van der Waals surface area contributed by atoms with Crippen LogP contribution in [0.5, 0.6) is 0 Å². The molecule has 1 unspecified atom stereocenters. The number of rotatable bonds is 4. The van der Waals surface area contributed by atoms with Crippen LogP contribution in [0.25, 0.3) is 0 Å². The van der Waals surface area contributed by atoms with Crippen LogP contribution < -0.4 is 0 Å². The van der Waals surface area contributed by atoms with E-state index >= 15 is 0 Å². The minimum atomic E-state index is 0.117. The molecule has 0 aromatic carbocycles. The fourth-order valence-corrected chi connectivity index (χ4v) is 2.47. The molecular formula is C13H21N3S. The topological polar surface area (TPSA) is 39.9 Å². The molecule has 17 heavy (non-hydrogen) atoms. The van der Waals surface area contributed by atoms with E-state index in [4.69, 9.17) is 5.26 Å². The van der Waals surface area contributed by atoms with E-state index in [1.165, 1.54) is 0 Å². The van der Waals surface area contributed by atoms with Crippen molar-refractivity contribution in [3.63, 3.8) is 0 Å². The summed E-state index contributed by atoms with van der Waals surface area (Å²) in [4.78, 5) is 6.83. The Morgan fingerprint density at radius 3 is 2.65 bits per heavy atom. The van der Waals surface area contributed by atoms with E-state index < -0.39 is 0 Å². The van der Waals surface area contributed by atoms with E-state index in [0.717, 1.165) is 17.2 Å². The number of nitriles is 1. The molecule has 0 spiro atoms. The Bertz CT molecular complexity index is 398. The first-order valence-electron chi connectivity index (χ1n) is 5.86. The molecule has 1 rings (SSSR count). The van der Waals surface area contributed by atoms with Crippen molar-refractivity contribution >= 4 is 11.3 Å². The summed E-state index contributed by atoms with van der Waals surface area (Å²) in [5.74, 6) is 0. The minimum Gasteiger partial charge on any atom is -0.296 e. The molecule has 0 saturated carbocycles. The highest BCUT2D eigenvalue weighted by atomic mass is 32.1. The first-order valence-corrected chi connectivity index (χ1v) is 6.74. The summed E-state index contributed by atoms with van der Waals surface area (Å²) in [5.41, 5.74) is 1.27. The molecule has 1 heterocycles. The van der Waals surface area contributed by atoms with Crippen LogP contribution in [0.3, 0.4) is 0 Å². The van der Waals surface area contributed by atoms with E-state index in [1.807, 2.05) is 7.05 Å². The Labute approximate surface area is 108 Å². The lowest BCUT2D eigenvalue weighted by molar-refractivity contribution is 0.252. The van der Waals surface area contributed by atoms with Crippen LogP contribution in [0.1, 0.15) is 44.8 Å². The highest BCUT2D eigenvalue weighted by molar-refractivity contribution is 7.09. The quantitative estimate of drug-likeness (QED) is 0.825. The van der Waals surface area contributed by atoms with Gasteiger partial charge < -0.3 is 0 Å². The van der Waals surface area contributed by atoms with Crippen LogP contribution in [-0.4, -0.2) is 23.0 Å². The van der Waals surface area contributed by atoms with Gasteiger partial charge in [0.2, 0.25) is 0 Å². The maximum Gasteiger partial charge on any atom is 0.107 e. The molecule has 0 fully saturated rings. The summed E-state index contributed by atoms with van der Waals surface area (Å²) >= 11 is 1.70. The highest BCUT2D eigenvalue weighted by Crippen LogP contribution is 2.24. The van der Waals surface area contributed by atoms with Gasteiger partial charge in [0.1, 0.15) is 5.01 Å². The standard InChI is InChI=1S/C13H21N3S/c1-10(6-7-14)16(5)8-12-15-11(9-17-12)13(2,3)4/h9-10H,6,8H2,1-5H3. The van der Waals surface area contributed by atoms with E-state index in [-0.39, 0.29) is 11.5 Å². The average Bonchev–Trinajstić information content (AvgIpc) is 2.66. The van der Waals surface area contributed by atoms with Crippen molar-refractivity contribution in [1.82, 2.24) is 9.88 Å². The monoisotopic (exact) mass is 251 g/mol. The maximum atomic E-state index is 8.67. The van der Waals surface area contributed by atoms with Gasteiger partial charge in [-0.15, -0.1) is 11.3 Å². The lowest BCUT2D eigenvalue weighted by Crippen LogP contribution is -2.28. The lowest BCUT2D eigenvalue weighted by Gasteiger charge is -2.21. The molecule has 1 aromatic rings. The van der Waals surface area contributed by atoms with E-state index in [2.05, 4.69) is 49.0 Å². The van der Waals surface area contributed by atoms with Crippen LogP contribution in [0.2, 0.25) is 0 Å². The Balaban J connectivity index is 2.64. The molecular weight excluding hydrogens is 230 g/mol. The van der Waals surface area contributed by atoms with Crippen molar-refractivity contribution in [3.05, 3.63) is 16.1 Å². The van der Waals surface area contributed by atoms with Crippen molar-refractivity contribution in [2.45, 2.75) is 52.1 Å². The zero-order valence-electron chi connectivity index (χ0n) is 11.3. The van der Waals surface area contributed by atoms with Crippen molar-refractivity contribution in [1.29, 1.82) is 5.26 Å². The van der Waals surface area contributed by atoms with E-state index in [0.29, 0.717) is 6.42 Å². The summed E-state index contributed by atoms with van der Waals surface area (Å²) in [6, 6.07) is 2.48. The Hall–Kier alpha value is -0.920. The third-order valence-corrected chi connectivity index (χ3v) is 3.68. The number of thiazole rings is 1. The number of aromatic nitrogens is 1. The number of nitrogens with zero attached hydrogens (tertiary/aromatic N) is 3. The second-order valence-corrected chi connectivity index (χ2v) is 6.45. The maximum absolute atomic E-state index is 8.67. The van der Waals surface area contributed by atoms with Crippen LogP contribution >= 0.6 is 11.3 Å². The molecule has 0 aliphatic carbocycles. The van der Waals surface area contributed by atoms with Gasteiger partial charge in [-0.05, 0) is 14.0 Å². The molecule has 3 nitrogen and oxygen atoms in total. The molecule has 0 aliphatic rings. The number of hydrogen-bond donors (Lipinski definition) is 0. The molecule has 1 aromatic heterocycles. The fourth-order valence-electron chi connectivity index (χ4n) is 1.39. The normalized spacial score (nSPS) is 13.7. The van der Waals surface area contributed by atoms with Crippen LogP contribution in [0.15, 0.2) is 5.38 Å². The summed E-state index contributed by atoms with van der Waals surface area (Å²) in [5, 5.41) is 11.9. The molecule has 0 bridgehead atoms. The zero-order chi connectivity index (χ0) is 13.1. The predicted octanol–water partition coefficient (Wildman–Crippen LogP) is 3.17. The van der Waals surface area contributed by atoms with E-state index in [1.54, 1.807) is 11.3 Å². The largest absolute Gasteiger partial charge is 0.296 e. The number of hydrogen-bond acceptors (Lipinski definition) is 4. The lowest BCUT2D eigenvalue weighted by atomic mass is 9.93. The van der Waals surface area contributed by atoms with Gasteiger partial charge in [-0.2, -0.15) is 5.26 Å². The van der Waals surface area contributed by atoms with Gasteiger partial charge in [-0.1, -0.05) is 20.8 Å². The molecule has 0 N–H and O–H groups in total. The third kappa shape index (κ3) is 4.10. The second-order valence-electron chi connectivity index (χ2n) is 5.50. The molecule has 0 amide bonds. The second kappa shape index (κ2) is 5.61. The fraction of sp³-hybridized carbons (Fsp3) is 0.692. The van der Waals surface area contributed by atoms with Gasteiger partial charge in [-0.25, -0.2) is 4.98 Å². The minimum absolute atomic E-state index is 0.117. The molecule has 0 aliphatic heterocycles. The molecule has 1 atom stereocenters. The summed E-state index contributed by atoms with van der Waals surface area (Å²) in [7, 11) is 2.04. The molecule has 0 radical (unpaired) electrons. The first kappa shape index (κ1) is 14.1. The average molecular weight is 251 g/mol. The zero-order valence-corrected chi connectivity index (χ0v) is 12.1. The van der Waals surface area contributed by atoms with Crippen molar-refractivity contribution in [2.75, 3.05) is 7.05 Å². The predicted molar refractivity (Wildman–Crippen MR) is 72.0 cm³/mol. The Morgan fingerprint density at radius 1 is 1.53 bits per heavy atom. The van der Waals surface area contributed by atoms with Crippen LogP contribution in [-0.2, 0) is 12.0 Å². The summed E-state index contributed by atoms with van der Waals surface area (Å²) < 4.78 is 0. The molecule has 0 saturated heterocycles. The van der Waals surface area contributed by atoms with Crippen molar-refractivity contribution in [2.24, 2.45) is 0 Å². The Kier molecular flexibility index (Phi) is 4.67. The summed E-state index contributed by atoms with van der Waals surface area (Å²) in [6.45, 7) is 9.42. The van der Waals surface area contributed by atoms with Gasteiger partial charge in [0.25, 0.3) is 0 Å². The molecule has 4 heteroatoms.